The largest absolute Gasteiger partial charge is 0.497 e. The minimum absolute atomic E-state index is 0.0321. The predicted octanol–water partition coefficient (Wildman–Crippen LogP) is 2.70. The molecule has 0 aliphatic carbocycles. The number of amides is 1. The molecule has 0 radical (unpaired) electrons. The Balaban J connectivity index is 2.15. The van der Waals surface area contributed by atoms with E-state index in [1.54, 1.807) is 29.6 Å². The van der Waals surface area contributed by atoms with E-state index in [1.165, 1.54) is 19.2 Å². The average molecular weight is 451 g/mol. The number of aromatic nitrogens is 2. The lowest BCUT2D eigenvalue weighted by molar-refractivity contribution is -0.0481. The van der Waals surface area contributed by atoms with Gasteiger partial charge in [-0.15, -0.1) is 0 Å². The van der Waals surface area contributed by atoms with Gasteiger partial charge in [0.1, 0.15) is 23.2 Å². The zero-order valence-corrected chi connectivity index (χ0v) is 16.5. The Bertz CT molecular complexity index is 1160. The topological polar surface area (TPSA) is 93.5 Å². The maximum atomic E-state index is 13.7. The first-order valence-corrected chi connectivity index (χ1v) is 9.17. The van der Waals surface area contributed by atoms with E-state index in [0.717, 1.165) is 22.9 Å². The van der Waals surface area contributed by atoms with Crippen LogP contribution in [0.15, 0.2) is 59.4 Å². The van der Waals surface area contributed by atoms with Crippen LogP contribution < -0.4 is 15.6 Å². The summed E-state index contributed by atoms with van der Waals surface area (Å²) in [4.78, 5) is 25.4. The van der Waals surface area contributed by atoms with Crippen molar-refractivity contribution in [3.05, 3.63) is 76.3 Å². The van der Waals surface area contributed by atoms with E-state index in [4.69, 9.17) is 9.84 Å². The van der Waals surface area contributed by atoms with Gasteiger partial charge in [-0.2, -0.15) is 9.78 Å². The standard InChI is InChI=1S/C21H17F4N3O4/c1-32-14-7-5-11(6-8-14)16-10-15(20(30)26-17(18(23)24)19(25)29)21(31)28(27-16)13-4-2-3-12(22)9-13/h2-10,17-19,29H,1H3,(H,26,30)/t17-,19?/m0/s1. The van der Waals surface area contributed by atoms with Crippen molar-refractivity contribution in [1.29, 1.82) is 0 Å². The van der Waals surface area contributed by atoms with Gasteiger partial charge in [-0.05, 0) is 48.5 Å². The molecule has 3 rings (SSSR count). The second-order valence-electron chi connectivity index (χ2n) is 6.57. The zero-order chi connectivity index (χ0) is 23.4. The summed E-state index contributed by atoms with van der Waals surface area (Å²) >= 11 is 0. The van der Waals surface area contributed by atoms with Crippen molar-refractivity contribution in [3.63, 3.8) is 0 Å². The van der Waals surface area contributed by atoms with Crippen LogP contribution in [0.3, 0.4) is 0 Å². The summed E-state index contributed by atoms with van der Waals surface area (Å²) in [6, 6.07) is 9.56. The lowest BCUT2D eigenvalue weighted by Gasteiger charge is -2.18. The Labute approximate surface area is 178 Å². The molecule has 0 aliphatic rings. The molecule has 0 saturated carbocycles. The molecule has 1 aromatic heterocycles. The molecule has 1 amide bonds. The van der Waals surface area contributed by atoms with Gasteiger partial charge in [0.25, 0.3) is 17.9 Å². The fraction of sp³-hybridized carbons (Fsp3) is 0.190. The fourth-order valence-electron chi connectivity index (χ4n) is 2.82. The number of nitrogens with one attached hydrogen (secondary N) is 1. The van der Waals surface area contributed by atoms with Crippen molar-refractivity contribution in [3.8, 4) is 22.7 Å². The van der Waals surface area contributed by atoms with Crippen molar-refractivity contribution in [2.24, 2.45) is 0 Å². The van der Waals surface area contributed by atoms with E-state index in [9.17, 15) is 27.2 Å². The Hall–Kier alpha value is -3.73. The Kier molecular flexibility index (Phi) is 6.89. The first-order chi connectivity index (χ1) is 15.2. The highest BCUT2D eigenvalue weighted by Gasteiger charge is 2.31. The highest BCUT2D eigenvalue weighted by Crippen LogP contribution is 2.21. The van der Waals surface area contributed by atoms with E-state index in [1.807, 2.05) is 0 Å². The molecule has 2 atom stereocenters. The van der Waals surface area contributed by atoms with Crippen LogP contribution in [0, 0.1) is 5.82 Å². The average Bonchev–Trinajstić information content (AvgIpc) is 2.77. The minimum Gasteiger partial charge on any atom is -0.497 e. The van der Waals surface area contributed by atoms with Gasteiger partial charge in [-0.3, -0.25) is 9.59 Å². The number of alkyl halides is 3. The van der Waals surface area contributed by atoms with E-state index >= 15 is 0 Å². The van der Waals surface area contributed by atoms with Crippen molar-refractivity contribution in [2.75, 3.05) is 7.11 Å². The number of carbonyl (C=O) groups is 1. The molecule has 0 fully saturated rings. The van der Waals surface area contributed by atoms with Crippen LogP contribution in [0.5, 0.6) is 5.75 Å². The summed E-state index contributed by atoms with van der Waals surface area (Å²) in [7, 11) is 1.46. The Morgan fingerprint density at radius 2 is 1.81 bits per heavy atom. The van der Waals surface area contributed by atoms with E-state index < -0.39 is 41.7 Å². The number of aliphatic hydroxyl groups excluding tert-OH is 1. The van der Waals surface area contributed by atoms with Crippen molar-refractivity contribution in [2.45, 2.75) is 18.8 Å². The second-order valence-corrected chi connectivity index (χ2v) is 6.57. The van der Waals surface area contributed by atoms with Crippen LogP contribution >= 0.6 is 0 Å². The number of hydrogen-bond acceptors (Lipinski definition) is 5. The third kappa shape index (κ3) is 4.94. The number of benzene rings is 2. The molecule has 32 heavy (non-hydrogen) atoms. The van der Waals surface area contributed by atoms with Gasteiger partial charge >= 0.3 is 0 Å². The van der Waals surface area contributed by atoms with Gasteiger partial charge in [0.05, 0.1) is 18.5 Å². The molecule has 2 N–H and O–H groups in total. The van der Waals surface area contributed by atoms with Gasteiger partial charge in [-0.25, -0.2) is 17.6 Å². The summed E-state index contributed by atoms with van der Waals surface area (Å²) in [5.41, 5.74) is -1.28. The number of rotatable bonds is 7. The number of carbonyl (C=O) groups excluding carboxylic acids is 1. The monoisotopic (exact) mass is 451 g/mol. The number of hydrogen-bond donors (Lipinski definition) is 2. The van der Waals surface area contributed by atoms with Gasteiger partial charge in [0, 0.05) is 5.56 Å². The van der Waals surface area contributed by atoms with Gasteiger partial charge in [-0.1, -0.05) is 6.07 Å². The van der Waals surface area contributed by atoms with Crippen molar-refractivity contribution >= 4 is 5.91 Å². The van der Waals surface area contributed by atoms with Gasteiger partial charge in [0.15, 0.2) is 0 Å². The van der Waals surface area contributed by atoms with E-state index in [2.05, 4.69) is 5.10 Å². The Morgan fingerprint density at radius 3 is 2.38 bits per heavy atom. The van der Waals surface area contributed by atoms with Crippen LogP contribution in [0.25, 0.3) is 16.9 Å². The maximum Gasteiger partial charge on any atom is 0.284 e. The third-order valence-electron chi connectivity index (χ3n) is 4.46. The van der Waals surface area contributed by atoms with Gasteiger partial charge < -0.3 is 15.2 Å². The Morgan fingerprint density at radius 1 is 1.12 bits per heavy atom. The quantitative estimate of drug-likeness (QED) is 0.539. The SMILES string of the molecule is COc1ccc(-c2cc(C(=O)N[C@H](C(O)F)C(F)F)c(=O)n(-c3cccc(F)c3)n2)cc1. The molecule has 1 heterocycles. The van der Waals surface area contributed by atoms with E-state index in [-0.39, 0.29) is 11.4 Å². The molecular formula is C21H17F4N3O4. The summed E-state index contributed by atoms with van der Waals surface area (Å²) in [6.45, 7) is 0. The highest BCUT2D eigenvalue weighted by atomic mass is 19.3. The van der Waals surface area contributed by atoms with Crippen LogP contribution in [-0.2, 0) is 0 Å². The third-order valence-corrected chi connectivity index (χ3v) is 4.46. The van der Waals surface area contributed by atoms with Gasteiger partial charge in [0.2, 0.25) is 6.36 Å². The maximum absolute atomic E-state index is 13.7. The molecule has 3 aromatic rings. The molecule has 0 saturated heterocycles. The van der Waals surface area contributed by atoms with Crippen LogP contribution in [0.2, 0.25) is 0 Å². The molecule has 7 nitrogen and oxygen atoms in total. The summed E-state index contributed by atoms with van der Waals surface area (Å²) < 4.78 is 58.5. The molecule has 0 bridgehead atoms. The summed E-state index contributed by atoms with van der Waals surface area (Å²) in [5.74, 6) is -1.53. The molecule has 168 valence electrons. The molecule has 11 heteroatoms. The normalized spacial score (nSPS) is 13.0. The molecule has 1 unspecified atom stereocenters. The number of ether oxygens (including phenoxy) is 1. The zero-order valence-electron chi connectivity index (χ0n) is 16.5. The fourth-order valence-corrected chi connectivity index (χ4v) is 2.82. The van der Waals surface area contributed by atoms with Crippen molar-refractivity contribution < 1.29 is 32.2 Å². The summed E-state index contributed by atoms with van der Waals surface area (Å²) in [5, 5.41) is 14.6. The van der Waals surface area contributed by atoms with Crippen LogP contribution in [-0.4, -0.2) is 46.7 Å². The molecular weight excluding hydrogens is 434 g/mol. The smallest absolute Gasteiger partial charge is 0.284 e. The first-order valence-electron chi connectivity index (χ1n) is 9.17. The molecule has 0 spiro atoms. The lowest BCUT2D eigenvalue weighted by atomic mass is 10.1. The number of aliphatic hydroxyl groups is 1. The second kappa shape index (κ2) is 9.60. The number of nitrogens with zero attached hydrogens (tertiary/aromatic N) is 2. The van der Waals surface area contributed by atoms with Crippen LogP contribution in [0.1, 0.15) is 10.4 Å². The summed E-state index contributed by atoms with van der Waals surface area (Å²) in [6.07, 6.45) is -6.50. The van der Waals surface area contributed by atoms with Crippen molar-refractivity contribution in [1.82, 2.24) is 15.1 Å². The predicted molar refractivity (Wildman–Crippen MR) is 106 cm³/mol. The van der Waals surface area contributed by atoms with E-state index in [0.29, 0.717) is 11.3 Å². The first kappa shape index (κ1) is 22.9. The lowest BCUT2D eigenvalue weighted by Crippen LogP contribution is -2.48. The number of halogens is 4. The highest BCUT2D eigenvalue weighted by molar-refractivity contribution is 5.95. The minimum atomic E-state index is -3.44. The number of methoxy groups -OCH3 is 1. The molecule has 2 aromatic carbocycles. The molecule has 0 aliphatic heterocycles. The van der Waals surface area contributed by atoms with Crippen LogP contribution in [0.4, 0.5) is 17.6 Å².